The standard InChI is InChI=1S/C17H23BrO2/c1-11-3-8-14-15(9-11)20-16(10-17(14,2)19)12-4-6-13(18)7-5-12/h4-7,11,14-16,19H,3,8-10H2,1-2H3/t11-,14-,15-,16-,17-/m1/s1. The third-order valence-electron chi connectivity index (χ3n) is 5.03. The van der Waals surface area contributed by atoms with Gasteiger partial charge < -0.3 is 9.84 Å². The van der Waals surface area contributed by atoms with Gasteiger partial charge in [0.2, 0.25) is 0 Å². The van der Waals surface area contributed by atoms with Gasteiger partial charge in [-0.3, -0.25) is 0 Å². The number of aliphatic hydroxyl groups is 1. The second kappa shape index (κ2) is 5.43. The largest absolute Gasteiger partial charge is 0.390 e. The second-order valence-electron chi connectivity index (χ2n) is 6.80. The first kappa shape index (κ1) is 14.6. The van der Waals surface area contributed by atoms with Gasteiger partial charge in [-0.15, -0.1) is 0 Å². The van der Waals surface area contributed by atoms with E-state index in [0.29, 0.717) is 18.3 Å². The molecule has 1 aliphatic carbocycles. The minimum Gasteiger partial charge on any atom is -0.390 e. The molecule has 1 saturated carbocycles. The van der Waals surface area contributed by atoms with E-state index in [9.17, 15) is 5.11 Å². The van der Waals surface area contributed by atoms with Crippen LogP contribution in [0.15, 0.2) is 28.7 Å². The maximum absolute atomic E-state index is 10.9. The molecule has 0 unspecified atom stereocenters. The van der Waals surface area contributed by atoms with Gasteiger partial charge >= 0.3 is 0 Å². The zero-order valence-corrected chi connectivity index (χ0v) is 13.8. The van der Waals surface area contributed by atoms with Crippen LogP contribution in [0.3, 0.4) is 0 Å². The van der Waals surface area contributed by atoms with E-state index in [1.165, 1.54) is 12.0 Å². The van der Waals surface area contributed by atoms with E-state index in [1.807, 2.05) is 19.1 Å². The summed E-state index contributed by atoms with van der Waals surface area (Å²) >= 11 is 3.46. The van der Waals surface area contributed by atoms with Crippen molar-refractivity contribution < 1.29 is 9.84 Å². The number of hydrogen-bond acceptors (Lipinski definition) is 2. The van der Waals surface area contributed by atoms with Crippen molar-refractivity contribution in [1.29, 1.82) is 0 Å². The molecule has 3 heteroatoms. The van der Waals surface area contributed by atoms with Crippen molar-refractivity contribution in [3.8, 4) is 0 Å². The lowest BCUT2D eigenvalue weighted by molar-refractivity contribution is -0.197. The molecule has 2 aliphatic rings. The maximum Gasteiger partial charge on any atom is 0.0856 e. The number of ether oxygens (including phenoxy) is 1. The Bertz CT molecular complexity index is 468. The smallest absolute Gasteiger partial charge is 0.0856 e. The lowest BCUT2D eigenvalue weighted by Crippen LogP contribution is -2.51. The molecule has 20 heavy (non-hydrogen) atoms. The monoisotopic (exact) mass is 338 g/mol. The quantitative estimate of drug-likeness (QED) is 0.818. The molecule has 1 aromatic carbocycles. The Morgan fingerprint density at radius 3 is 2.65 bits per heavy atom. The summed E-state index contributed by atoms with van der Waals surface area (Å²) in [6.07, 6.45) is 4.30. The predicted octanol–water partition coefficient (Wildman–Crippen LogP) is 4.47. The predicted molar refractivity (Wildman–Crippen MR) is 83.5 cm³/mol. The van der Waals surface area contributed by atoms with E-state index in [-0.39, 0.29) is 12.2 Å². The summed E-state index contributed by atoms with van der Waals surface area (Å²) in [6.45, 7) is 4.28. The van der Waals surface area contributed by atoms with Crippen molar-refractivity contribution in [1.82, 2.24) is 0 Å². The van der Waals surface area contributed by atoms with Gasteiger partial charge in [-0.05, 0) is 43.4 Å². The van der Waals surface area contributed by atoms with E-state index in [1.54, 1.807) is 0 Å². The van der Waals surface area contributed by atoms with Gasteiger partial charge in [0.15, 0.2) is 0 Å². The lowest BCUT2D eigenvalue weighted by Gasteiger charge is -2.49. The Hall–Kier alpha value is -0.380. The molecule has 1 N–H and O–H groups in total. The summed E-state index contributed by atoms with van der Waals surface area (Å²) in [4.78, 5) is 0. The highest BCUT2D eigenvalue weighted by Crippen LogP contribution is 2.47. The number of halogens is 1. The molecule has 0 radical (unpaired) electrons. The summed E-state index contributed by atoms with van der Waals surface area (Å²) in [6, 6.07) is 8.28. The van der Waals surface area contributed by atoms with Crippen LogP contribution in [-0.2, 0) is 4.74 Å². The summed E-state index contributed by atoms with van der Waals surface area (Å²) in [5.74, 6) is 1.00. The summed E-state index contributed by atoms with van der Waals surface area (Å²) < 4.78 is 7.42. The third-order valence-corrected chi connectivity index (χ3v) is 5.56. The van der Waals surface area contributed by atoms with Gasteiger partial charge in [0.1, 0.15) is 0 Å². The minimum absolute atomic E-state index is 0.0182. The first-order valence-corrected chi connectivity index (χ1v) is 8.38. The molecule has 1 aliphatic heterocycles. The Kier molecular flexibility index (Phi) is 3.95. The minimum atomic E-state index is -0.610. The van der Waals surface area contributed by atoms with Gasteiger partial charge in [0.25, 0.3) is 0 Å². The molecular formula is C17H23BrO2. The molecule has 3 rings (SSSR count). The molecule has 110 valence electrons. The van der Waals surface area contributed by atoms with Crippen molar-refractivity contribution in [2.45, 2.75) is 57.3 Å². The van der Waals surface area contributed by atoms with E-state index in [2.05, 4.69) is 35.0 Å². The van der Waals surface area contributed by atoms with E-state index in [0.717, 1.165) is 17.3 Å². The maximum atomic E-state index is 10.9. The van der Waals surface area contributed by atoms with Crippen molar-refractivity contribution in [2.75, 3.05) is 0 Å². The molecular weight excluding hydrogens is 316 g/mol. The first-order valence-electron chi connectivity index (χ1n) is 7.59. The van der Waals surface area contributed by atoms with E-state index >= 15 is 0 Å². The van der Waals surface area contributed by atoms with Crippen LogP contribution in [0.4, 0.5) is 0 Å². The van der Waals surface area contributed by atoms with Gasteiger partial charge in [-0.1, -0.05) is 41.4 Å². The van der Waals surface area contributed by atoms with Gasteiger partial charge in [0.05, 0.1) is 17.8 Å². The van der Waals surface area contributed by atoms with Crippen LogP contribution in [0.5, 0.6) is 0 Å². The molecule has 1 saturated heterocycles. The van der Waals surface area contributed by atoms with E-state index < -0.39 is 5.60 Å². The van der Waals surface area contributed by atoms with Gasteiger partial charge in [-0.2, -0.15) is 0 Å². The molecule has 0 spiro atoms. The molecule has 0 amide bonds. The highest BCUT2D eigenvalue weighted by molar-refractivity contribution is 9.10. The Morgan fingerprint density at radius 1 is 1.25 bits per heavy atom. The fourth-order valence-corrected chi connectivity index (χ4v) is 4.11. The topological polar surface area (TPSA) is 29.5 Å². The molecule has 2 fully saturated rings. The molecule has 0 bridgehead atoms. The lowest BCUT2D eigenvalue weighted by atomic mass is 9.68. The normalized spacial score (nSPS) is 41.2. The van der Waals surface area contributed by atoms with Crippen molar-refractivity contribution >= 4 is 15.9 Å². The van der Waals surface area contributed by atoms with Crippen LogP contribution in [-0.4, -0.2) is 16.8 Å². The van der Waals surface area contributed by atoms with Crippen LogP contribution >= 0.6 is 15.9 Å². The van der Waals surface area contributed by atoms with Crippen LogP contribution in [0.2, 0.25) is 0 Å². The highest BCUT2D eigenvalue weighted by atomic mass is 79.9. The summed E-state index contributed by atoms with van der Waals surface area (Å²) in [7, 11) is 0. The van der Waals surface area contributed by atoms with Crippen molar-refractivity contribution in [3.05, 3.63) is 34.3 Å². The average Bonchev–Trinajstić information content (AvgIpc) is 2.38. The second-order valence-corrected chi connectivity index (χ2v) is 7.72. The van der Waals surface area contributed by atoms with Crippen molar-refractivity contribution in [3.63, 3.8) is 0 Å². The average molecular weight is 339 g/mol. The SMILES string of the molecule is C[C@@H]1CC[C@@H]2[C@@H](C1)O[C@@H](c1ccc(Br)cc1)C[C@@]2(C)O. The Morgan fingerprint density at radius 2 is 1.95 bits per heavy atom. The number of benzene rings is 1. The van der Waals surface area contributed by atoms with Crippen molar-refractivity contribution in [2.24, 2.45) is 11.8 Å². The van der Waals surface area contributed by atoms with Crippen LogP contribution in [0.25, 0.3) is 0 Å². The van der Waals surface area contributed by atoms with Crippen LogP contribution in [0, 0.1) is 11.8 Å². The van der Waals surface area contributed by atoms with Gasteiger partial charge in [-0.25, -0.2) is 0 Å². The van der Waals surface area contributed by atoms with Gasteiger partial charge in [0, 0.05) is 16.8 Å². The molecule has 1 heterocycles. The zero-order chi connectivity index (χ0) is 14.3. The Labute approximate surface area is 129 Å². The molecule has 0 aromatic heterocycles. The summed E-state index contributed by atoms with van der Waals surface area (Å²) in [5, 5.41) is 10.9. The third kappa shape index (κ3) is 2.81. The Balaban J connectivity index is 1.83. The number of rotatable bonds is 1. The fourth-order valence-electron chi connectivity index (χ4n) is 3.85. The highest BCUT2D eigenvalue weighted by Gasteiger charge is 2.47. The number of fused-ring (bicyclic) bond motifs is 1. The zero-order valence-electron chi connectivity index (χ0n) is 12.2. The van der Waals surface area contributed by atoms with E-state index in [4.69, 9.17) is 4.74 Å². The van der Waals surface area contributed by atoms with Crippen LogP contribution in [0.1, 0.15) is 51.2 Å². The first-order chi connectivity index (χ1) is 9.45. The molecule has 1 aromatic rings. The number of hydrogen-bond donors (Lipinski definition) is 1. The summed E-state index contributed by atoms with van der Waals surface area (Å²) in [5.41, 5.74) is 0.561. The molecule has 2 nitrogen and oxygen atoms in total. The molecule has 5 atom stereocenters. The van der Waals surface area contributed by atoms with Crippen LogP contribution < -0.4 is 0 Å². The fraction of sp³-hybridized carbons (Fsp3) is 0.647.